The topological polar surface area (TPSA) is 55.6 Å². The first-order chi connectivity index (χ1) is 12.3. The van der Waals surface area contributed by atoms with Gasteiger partial charge in [0.05, 0.1) is 5.69 Å². The number of alkyl halides is 3. The van der Waals surface area contributed by atoms with Gasteiger partial charge in [-0.25, -0.2) is 9.37 Å². The summed E-state index contributed by atoms with van der Waals surface area (Å²) in [6.07, 6.45) is -2.87. The van der Waals surface area contributed by atoms with Crippen LogP contribution in [0.5, 0.6) is 5.75 Å². The highest BCUT2D eigenvalue weighted by Crippen LogP contribution is 2.24. The fourth-order valence-electron chi connectivity index (χ4n) is 2.50. The lowest BCUT2D eigenvalue weighted by Gasteiger charge is -2.10. The van der Waals surface area contributed by atoms with Crippen LogP contribution in [0.15, 0.2) is 42.6 Å². The van der Waals surface area contributed by atoms with Crippen molar-refractivity contribution >= 4 is 17.2 Å². The Hall–Kier alpha value is -3.10. The van der Waals surface area contributed by atoms with Gasteiger partial charge in [-0.3, -0.25) is 9.20 Å². The minimum atomic E-state index is -4.79. The normalized spacial score (nSPS) is 11.6. The maximum Gasteiger partial charge on any atom is 0.573 e. The summed E-state index contributed by atoms with van der Waals surface area (Å²) in [5.41, 5.74) is 0.864. The number of pyridine rings is 1. The highest BCUT2D eigenvalue weighted by Gasteiger charge is 2.31. The number of hydrogen-bond acceptors (Lipinski definition) is 3. The molecule has 1 N–H and O–H groups in total. The van der Waals surface area contributed by atoms with E-state index in [0.717, 1.165) is 12.1 Å². The minimum absolute atomic E-state index is 0.0309. The summed E-state index contributed by atoms with van der Waals surface area (Å²) in [6.45, 7) is 1.78. The molecule has 9 heteroatoms. The number of nitrogens with zero attached hydrogens (tertiary/aromatic N) is 2. The Morgan fingerprint density at radius 3 is 2.54 bits per heavy atom. The first kappa shape index (κ1) is 17.7. The summed E-state index contributed by atoms with van der Waals surface area (Å²) in [4.78, 5) is 16.7. The van der Waals surface area contributed by atoms with E-state index in [1.54, 1.807) is 6.92 Å². The van der Waals surface area contributed by atoms with Gasteiger partial charge in [-0.05, 0) is 42.8 Å². The van der Waals surface area contributed by atoms with Gasteiger partial charge in [-0.1, -0.05) is 6.92 Å². The van der Waals surface area contributed by atoms with Crippen molar-refractivity contribution in [2.24, 2.45) is 0 Å². The van der Waals surface area contributed by atoms with Crippen LogP contribution in [-0.4, -0.2) is 21.7 Å². The maximum absolute atomic E-state index is 13.9. The van der Waals surface area contributed by atoms with Crippen LogP contribution in [0, 0.1) is 5.82 Å². The van der Waals surface area contributed by atoms with Crippen LogP contribution in [0.1, 0.15) is 23.1 Å². The molecule has 0 atom stereocenters. The number of imidazole rings is 1. The van der Waals surface area contributed by atoms with Crippen LogP contribution in [-0.2, 0) is 6.42 Å². The van der Waals surface area contributed by atoms with Crippen molar-refractivity contribution in [1.82, 2.24) is 9.38 Å². The third-order valence-corrected chi connectivity index (χ3v) is 3.57. The van der Waals surface area contributed by atoms with Crippen molar-refractivity contribution in [3.05, 3.63) is 59.8 Å². The van der Waals surface area contributed by atoms with E-state index in [-0.39, 0.29) is 17.0 Å². The van der Waals surface area contributed by atoms with Crippen LogP contribution in [0.25, 0.3) is 5.65 Å². The minimum Gasteiger partial charge on any atom is -0.406 e. The summed E-state index contributed by atoms with van der Waals surface area (Å²) < 4.78 is 55.5. The number of hydrogen-bond donors (Lipinski definition) is 1. The summed E-state index contributed by atoms with van der Waals surface area (Å²) >= 11 is 0. The molecule has 0 saturated heterocycles. The van der Waals surface area contributed by atoms with Gasteiger partial charge in [-0.15, -0.1) is 13.2 Å². The lowest BCUT2D eigenvalue weighted by Crippen LogP contribution is -2.18. The molecule has 0 radical (unpaired) electrons. The number of fused-ring (bicyclic) bond motifs is 1. The average Bonchev–Trinajstić information content (AvgIpc) is 2.95. The zero-order valence-electron chi connectivity index (χ0n) is 13.5. The van der Waals surface area contributed by atoms with E-state index < -0.39 is 23.8 Å². The van der Waals surface area contributed by atoms with Gasteiger partial charge in [0, 0.05) is 11.9 Å². The molecule has 2 aromatic heterocycles. The summed E-state index contributed by atoms with van der Waals surface area (Å²) in [6, 6.07) is 7.39. The predicted molar refractivity (Wildman–Crippen MR) is 85.6 cm³/mol. The molecule has 136 valence electrons. The van der Waals surface area contributed by atoms with Crippen molar-refractivity contribution in [3.8, 4) is 5.75 Å². The van der Waals surface area contributed by atoms with Crippen LogP contribution in [0.4, 0.5) is 23.2 Å². The van der Waals surface area contributed by atoms with Gasteiger partial charge in [0.15, 0.2) is 11.5 Å². The number of aromatic nitrogens is 2. The van der Waals surface area contributed by atoms with E-state index in [1.165, 1.54) is 34.9 Å². The molecular weight excluding hydrogens is 354 g/mol. The van der Waals surface area contributed by atoms with E-state index in [2.05, 4.69) is 15.0 Å². The Morgan fingerprint density at radius 1 is 1.23 bits per heavy atom. The predicted octanol–water partition coefficient (Wildman–Crippen LogP) is 4.19. The second-order valence-corrected chi connectivity index (χ2v) is 5.34. The highest BCUT2D eigenvalue weighted by atomic mass is 19.4. The zero-order chi connectivity index (χ0) is 18.9. The van der Waals surface area contributed by atoms with Gasteiger partial charge >= 0.3 is 6.36 Å². The number of carbonyl (C=O) groups excluding carboxylic acids is 1. The van der Waals surface area contributed by atoms with Gasteiger partial charge in [0.2, 0.25) is 0 Å². The van der Waals surface area contributed by atoms with E-state index in [0.29, 0.717) is 12.1 Å². The Bertz CT molecular complexity index is 949. The fraction of sp³-hybridized carbons (Fsp3) is 0.176. The van der Waals surface area contributed by atoms with Crippen molar-refractivity contribution < 1.29 is 27.1 Å². The molecule has 26 heavy (non-hydrogen) atoms. The smallest absolute Gasteiger partial charge is 0.406 e. The fourth-order valence-corrected chi connectivity index (χ4v) is 2.50. The monoisotopic (exact) mass is 367 g/mol. The molecule has 0 unspecified atom stereocenters. The number of nitrogens with one attached hydrogen (secondary N) is 1. The maximum atomic E-state index is 13.9. The largest absolute Gasteiger partial charge is 0.573 e. The second-order valence-electron chi connectivity index (χ2n) is 5.34. The van der Waals surface area contributed by atoms with Crippen molar-refractivity contribution in [2.45, 2.75) is 19.7 Å². The SMILES string of the molecule is CCc1nc2c(F)cccn2c1C(=O)Nc1ccc(OC(F)(F)F)cc1. The molecule has 0 spiro atoms. The van der Waals surface area contributed by atoms with Gasteiger partial charge in [0.1, 0.15) is 11.4 Å². The van der Waals surface area contributed by atoms with Crippen LogP contribution in [0.3, 0.4) is 0 Å². The van der Waals surface area contributed by atoms with Crippen molar-refractivity contribution in [1.29, 1.82) is 0 Å². The molecular formula is C17H13F4N3O2. The Balaban J connectivity index is 1.87. The van der Waals surface area contributed by atoms with Crippen molar-refractivity contribution in [2.75, 3.05) is 5.32 Å². The van der Waals surface area contributed by atoms with Gasteiger partial charge in [0.25, 0.3) is 5.91 Å². The number of aryl methyl sites for hydroxylation is 1. The highest BCUT2D eigenvalue weighted by molar-refractivity contribution is 6.04. The third-order valence-electron chi connectivity index (χ3n) is 3.57. The lowest BCUT2D eigenvalue weighted by atomic mass is 10.2. The summed E-state index contributed by atoms with van der Waals surface area (Å²) in [5, 5.41) is 2.56. The molecule has 0 saturated carbocycles. The lowest BCUT2D eigenvalue weighted by molar-refractivity contribution is -0.274. The Morgan fingerprint density at radius 2 is 1.92 bits per heavy atom. The number of ether oxygens (including phenoxy) is 1. The van der Waals surface area contributed by atoms with Crippen LogP contribution >= 0.6 is 0 Å². The van der Waals surface area contributed by atoms with E-state index in [4.69, 9.17) is 0 Å². The molecule has 0 aliphatic heterocycles. The molecule has 2 heterocycles. The van der Waals surface area contributed by atoms with Gasteiger partial charge < -0.3 is 10.1 Å². The van der Waals surface area contributed by atoms with E-state index in [9.17, 15) is 22.4 Å². The zero-order valence-corrected chi connectivity index (χ0v) is 13.5. The molecule has 0 bridgehead atoms. The van der Waals surface area contributed by atoms with Crippen LogP contribution in [0.2, 0.25) is 0 Å². The first-order valence-electron chi connectivity index (χ1n) is 7.61. The van der Waals surface area contributed by atoms with Crippen molar-refractivity contribution in [3.63, 3.8) is 0 Å². The third kappa shape index (κ3) is 3.61. The molecule has 0 aliphatic carbocycles. The molecule has 1 amide bonds. The standard InChI is InChI=1S/C17H13F4N3O2/c1-2-13-14(24-9-3-4-12(18)15(24)23-13)16(25)22-10-5-7-11(8-6-10)26-17(19,20)21/h3-9H,2H2,1H3,(H,22,25). The van der Waals surface area contributed by atoms with Gasteiger partial charge in [-0.2, -0.15) is 0 Å². The molecule has 3 aromatic rings. The Kier molecular flexibility index (Phi) is 4.54. The number of carbonyl (C=O) groups is 1. The van der Waals surface area contributed by atoms with E-state index >= 15 is 0 Å². The second kappa shape index (κ2) is 6.66. The number of amides is 1. The average molecular weight is 367 g/mol. The number of benzene rings is 1. The molecule has 0 aliphatic rings. The first-order valence-corrected chi connectivity index (χ1v) is 7.61. The summed E-state index contributed by atoms with van der Waals surface area (Å²) in [5.74, 6) is -1.51. The molecule has 1 aromatic carbocycles. The molecule has 0 fully saturated rings. The Labute approximate surface area is 145 Å². The van der Waals surface area contributed by atoms with Crippen LogP contribution < -0.4 is 10.1 Å². The molecule has 3 rings (SSSR count). The van der Waals surface area contributed by atoms with E-state index in [1.807, 2.05) is 0 Å². The number of rotatable bonds is 4. The number of halogens is 4. The summed E-state index contributed by atoms with van der Waals surface area (Å²) in [7, 11) is 0. The molecule has 5 nitrogen and oxygen atoms in total. The number of anilines is 1. The quantitative estimate of drug-likeness (QED) is 0.704.